The normalized spacial score (nSPS) is 10.3. The molecule has 2 aromatic rings. The first-order valence-electron chi connectivity index (χ1n) is 8.68. The molecule has 0 radical (unpaired) electrons. The van der Waals surface area contributed by atoms with E-state index in [1.807, 2.05) is 24.3 Å². The van der Waals surface area contributed by atoms with Gasteiger partial charge in [0.2, 0.25) is 0 Å². The van der Waals surface area contributed by atoms with E-state index in [1.165, 1.54) is 19.3 Å². The number of amides is 1. The molecule has 1 amide bonds. The highest BCUT2D eigenvalue weighted by Crippen LogP contribution is 2.17. The highest BCUT2D eigenvalue weighted by molar-refractivity contribution is 5.93. The van der Waals surface area contributed by atoms with E-state index in [2.05, 4.69) is 12.3 Å². The van der Waals surface area contributed by atoms with Crippen LogP contribution >= 0.6 is 0 Å². The third-order valence-electron chi connectivity index (χ3n) is 3.84. The molecule has 0 heterocycles. The fourth-order valence-corrected chi connectivity index (χ4v) is 2.35. The fourth-order valence-electron chi connectivity index (χ4n) is 2.35. The number of nitrogen functional groups attached to an aromatic ring is 1. The first-order chi connectivity index (χ1) is 12.2. The van der Waals surface area contributed by atoms with Crippen molar-refractivity contribution in [2.75, 3.05) is 6.61 Å². The van der Waals surface area contributed by atoms with Crippen molar-refractivity contribution in [2.45, 2.75) is 39.2 Å². The van der Waals surface area contributed by atoms with Crippen LogP contribution in [0.5, 0.6) is 11.5 Å². The van der Waals surface area contributed by atoms with Crippen LogP contribution in [-0.2, 0) is 6.61 Å². The number of nitrogens with one attached hydrogen (secondary N) is 1. The van der Waals surface area contributed by atoms with Gasteiger partial charge in [0.05, 0.1) is 6.61 Å². The van der Waals surface area contributed by atoms with Crippen LogP contribution in [0.15, 0.2) is 48.5 Å². The van der Waals surface area contributed by atoms with Gasteiger partial charge in [-0.1, -0.05) is 38.3 Å². The van der Waals surface area contributed by atoms with Crippen molar-refractivity contribution in [1.29, 1.82) is 0 Å². The highest BCUT2D eigenvalue weighted by atomic mass is 16.5. The average Bonchev–Trinajstić information content (AvgIpc) is 2.67. The number of unbranched alkanes of at least 4 members (excludes halogenated alkanes) is 3. The van der Waals surface area contributed by atoms with Crippen LogP contribution in [0.2, 0.25) is 0 Å². The predicted molar refractivity (Wildman–Crippen MR) is 98.5 cm³/mol. The smallest absolute Gasteiger partial charge is 0.265 e. The van der Waals surface area contributed by atoms with Crippen LogP contribution in [0, 0.1) is 0 Å². The van der Waals surface area contributed by atoms with E-state index in [-0.39, 0.29) is 5.91 Å². The topological polar surface area (TPSA) is 73.6 Å². The van der Waals surface area contributed by atoms with E-state index in [4.69, 9.17) is 15.3 Å². The molecule has 25 heavy (non-hydrogen) atoms. The van der Waals surface area contributed by atoms with E-state index in [0.29, 0.717) is 17.9 Å². The Hall–Kier alpha value is -2.53. The zero-order valence-corrected chi connectivity index (χ0v) is 14.7. The number of carbonyl (C=O) groups is 1. The summed E-state index contributed by atoms with van der Waals surface area (Å²) in [5.74, 6) is 6.36. The minimum absolute atomic E-state index is 0.322. The van der Waals surface area contributed by atoms with Crippen molar-refractivity contribution in [2.24, 2.45) is 5.84 Å². The Balaban J connectivity index is 1.76. The van der Waals surface area contributed by atoms with Gasteiger partial charge in [-0.2, -0.15) is 0 Å². The van der Waals surface area contributed by atoms with Gasteiger partial charge in [0, 0.05) is 5.56 Å². The molecule has 0 aliphatic carbocycles. The van der Waals surface area contributed by atoms with Gasteiger partial charge in [-0.25, -0.2) is 5.84 Å². The number of carbonyl (C=O) groups excluding carboxylic acids is 1. The van der Waals surface area contributed by atoms with Crippen molar-refractivity contribution in [3.05, 3.63) is 59.7 Å². The van der Waals surface area contributed by atoms with Crippen molar-refractivity contribution in [1.82, 2.24) is 5.43 Å². The third-order valence-corrected chi connectivity index (χ3v) is 3.84. The first kappa shape index (κ1) is 18.8. The Morgan fingerprint density at radius 1 is 0.920 bits per heavy atom. The molecule has 134 valence electrons. The second kappa shape index (κ2) is 10.4. The molecule has 0 bridgehead atoms. The molecule has 0 spiro atoms. The summed E-state index contributed by atoms with van der Waals surface area (Å²) in [6.45, 7) is 3.42. The number of hydrazine groups is 1. The number of ether oxygens (including phenoxy) is 2. The Kier molecular flexibility index (Phi) is 7.79. The summed E-state index contributed by atoms with van der Waals surface area (Å²) in [7, 11) is 0. The van der Waals surface area contributed by atoms with Crippen molar-refractivity contribution < 1.29 is 14.3 Å². The predicted octanol–water partition coefficient (Wildman–Crippen LogP) is 3.83. The largest absolute Gasteiger partial charge is 0.494 e. The molecule has 0 saturated carbocycles. The minimum atomic E-state index is -0.322. The zero-order valence-electron chi connectivity index (χ0n) is 14.7. The van der Waals surface area contributed by atoms with E-state index >= 15 is 0 Å². The maximum atomic E-state index is 11.4. The number of hydrogen-bond donors (Lipinski definition) is 2. The third kappa shape index (κ3) is 6.47. The SMILES string of the molecule is CCCCCCOc1ccc(COc2ccc(C(=O)NN)cc2)cc1. The summed E-state index contributed by atoms with van der Waals surface area (Å²) in [5, 5.41) is 0. The van der Waals surface area contributed by atoms with Crippen LogP contribution in [0.25, 0.3) is 0 Å². The van der Waals surface area contributed by atoms with Gasteiger partial charge in [0.15, 0.2) is 0 Å². The van der Waals surface area contributed by atoms with Gasteiger partial charge < -0.3 is 9.47 Å². The van der Waals surface area contributed by atoms with E-state index in [1.54, 1.807) is 24.3 Å². The molecular weight excluding hydrogens is 316 g/mol. The lowest BCUT2D eigenvalue weighted by atomic mass is 10.2. The summed E-state index contributed by atoms with van der Waals surface area (Å²) in [6, 6.07) is 14.8. The number of nitrogens with two attached hydrogens (primary N) is 1. The Bertz CT molecular complexity index is 639. The zero-order chi connectivity index (χ0) is 17.9. The number of rotatable bonds is 10. The standard InChI is InChI=1S/C20H26N2O3/c1-2-3-4-5-14-24-18-10-6-16(7-11-18)15-25-19-12-8-17(9-13-19)20(23)22-21/h6-13H,2-5,14-15,21H2,1H3,(H,22,23). The molecule has 0 saturated heterocycles. The lowest BCUT2D eigenvalue weighted by Gasteiger charge is -2.09. The molecule has 0 aliphatic heterocycles. The summed E-state index contributed by atoms with van der Waals surface area (Å²) in [4.78, 5) is 11.4. The lowest BCUT2D eigenvalue weighted by molar-refractivity contribution is 0.0953. The minimum Gasteiger partial charge on any atom is -0.494 e. The molecule has 0 atom stereocenters. The monoisotopic (exact) mass is 342 g/mol. The molecule has 0 fully saturated rings. The van der Waals surface area contributed by atoms with Crippen molar-refractivity contribution in [3.8, 4) is 11.5 Å². The highest BCUT2D eigenvalue weighted by Gasteiger charge is 2.03. The van der Waals surface area contributed by atoms with Gasteiger partial charge in [-0.3, -0.25) is 10.2 Å². The van der Waals surface area contributed by atoms with Crippen LogP contribution < -0.4 is 20.7 Å². The van der Waals surface area contributed by atoms with Crippen LogP contribution in [0.4, 0.5) is 0 Å². The second-order valence-corrected chi connectivity index (χ2v) is 5.84. The second-order valence-electron chi connectivity index (χ2n) is 5.84. The van der Waals surface area contributed by atoms with E-state index < -0.39 is 0 Å². The maximum absolute atomic E-state index is 11.4. The fraction of sp³-hybridized carbons (Fsp3) is 0.350. The molecule has 3 N–H and O–H groups in total. The lowest BCUT2D eigenvalue weighted by Crippen LogP contribution is -2.29. The Morgan fingerprint density at radius 2 is 1.56 bits per heavy atom. The molecule has 5 nitrogen and oxygen atoms in total. The summed E-state index contributed by atoms with van der Waals surface area (Å²) in [6.07, 6.45) is 4.81. The van der Waals surface area contributed by atoms with Crippen molar-refractivity contribution >= 4 is 5.91 Å². The van der Waals surface area contributed by atoms with Gasteiger partial charge in [0.25, 0.3) is 5.91 Å². The maximum Gasteiger partial charge on any atom is 0.265 e. The number of hydrogen-bond acceptors (Lipinski definition) is 4. The van der Waals surface area contributed by atoms with Gasteiger partial charge in [0.1, 0.15) is 18.1 Å². The molecule has 0 unspecified atom stereocenters. The molecule has 5 heteroatoms. The quantitative estimate of drug-likeness (QED) is 0.298. The molecule has 2 aromatic carbocycles. The van der Waals surface area contributed by atoms with Gasteiger partial charge >= 0.3 is 0 Å². The number of benzene rings is 2. The summed E-state index contributed by atoms with van der Waals surface area (Å²) in [5.41, 5.74) is 3.65. The first-order valence-corrected chi connectivity index (χ1v) is 8.68. The molecular formula is C20H26N2O3. The van der Waals surface area contributed by atoms with Crippen molar-refractivity contribution in [3.63, 3.8) is 0 Å². The molecule has 0 aromatic heterocycles. The molecule has 2 rings (SSSR count). The Labute approximate surface area is 149 Å². The van der Waals surface area contributed by atoms with Gasteiger partial charge in [-0.15, -0.1) is 0 Å². The Morgan fingerprint density at radius 3 is 2.20 bits per heavy atom. The van der Waals surface area contributed by atoms with E-state index in [0.717, 1.165) is 24.3 Å². The van der Waals surface area contributed by atoms with Crippen LogP contribution in [0.3, 0.4) is 0 Å². The average molecular weight is 342 g/mol. The van der Waals surface area contributed by atoms with Crippen LogP contribution in [0.1, 0.15) is 48.5 Å². The summed E-state index contributed by atoms with van der Waals surface area (Å²) >= 11 is 0. The molecule has 0 aliphatic rings. The summed E-state index contributed by atoms with van der Waals surface area (Å²) < 4.78 is 11.4. The van der Waals surface area contributed by atoms with Crippen LogP contribution in [-0.4, -0.2) is 12.5 Å². The van der Waals surface area contributed by atoms with E-state index in [9.17, 15) is 4.79 Å². The van der Waals surface area contributed by atoms with Gasteiger partial charge in [-0.05, 0) is 48.4 Å².